The van der Waals surface area contributed by atoms with Gasteiger partial charge in [0.05, 0.1) is 12.5 Å². The zero-order valence-corrected chi connectivity index (χ0v) is 8.55. The minimum Gasteiger partial charge on any atom is -0.335 e. The molecule has 0 aromatic carbocycles. The van der Waals surface area contributed by atoms with Crippen LogP contribution in [0.15, 0.2) is 17.6 Å². The Labute approximate surface area is 83.0 Å². The summed E-state index contributed by atoms with van der Waals surface area (Å²) < 4.78 is 26.0. The van der Waals surface area contributed by atoms with Crippen LogP contribution in [-0.4, -0.2) is 24.4 Å². The number of rotatable bonds is 3. The van der Waals surface area contributed by atoms with E-state index in [9.17, 15) is 8.42 Å². The van der Waals surface area contributed by atoms with Crippen LogP contribution in [0.3, 0.4) is 0 Å². The molecule has 0 amide bonds. The van der Waals surface area contributed by atoms with Gasteiger partial charge in [0.1, 0.15) is 0 Å². The fraction of sp³-hybridized carbons (Fsp3) is 0.625. The molecule has 1 saturated carbocycles. The molecule has 2 N–H and O–H groups in total. The lowest BCUT2D eigenvalue weighted by molar-refractivity contribution is 0.549. The highest BCUT2D eigenvalue weighted by Gasteiger charge is 2.23. The highest BCUT2D eigenvalue weighted by atomic mass is 32.2. The molecule has 1 aliphatic carbocycles. The second-order valence-corrected chi connectivity index (χ2v) is 5.20. The Balaban J connectivity index is 2.09. The maximum Gasteiger partial charge on any atom is 0.257 e. The van der Waals surface area contributed by atoms with Crippen LogP contribution < -0.4 is 4.72 Å². The van der Waals surface area contributed by atoms with Crippen molar-refractivity contribution >= 4 is 10.0 Å². The number of aromatic nitrogens is 2. The van der Waals surface area contributed by atoms with Gasteiger partial charge in [0, 0.05) is 6.04 Å². The summed E-state index contributed by atoms with van der Waals surface area (Å²) in [6.07, 6.45) is 6.77. The van der Waals surface area contributed by atoms with Gasteiger partial charge in [0.2, 0.25) is 0 Å². The summed E-state index contributed by atoms with van der Waals surface area (Å²) in [6.45, 7) is 0. The third-order valence-electron chi connectivity index (χ3n) is 2.44. The molecule has 78 valence electrons. The third kappa shape index (κ3) is 1.96. The molecule has 0 spiro atoms. The summed E-state index contributed by atoms with van der Waals surface area (Å²) in [4.78, 5) is 6.28. The quantitative estimate of drug-likeness (QED) is 0.776. The van der Waals surface area contributed by atoms with Crippen molar-refractivity contribution < 1.29 is 8.42 Å². The molecule has 0 unspecified atom stereocenters. The lowest BCUT2D eigenvalue weighted by atomic mass is 10.3. The van der Waals surface area contributed by atoms with Crippen LogP contribution in [0.2, 0.25) is 0 Å². The summed E-state index contributed by atoms with van der Waals surface area (Å²) in [5.74, 6) is 0. The van der Waals surface area contributed by atoms with Crippen molar-refractivity contribution in [3.05, 3.63) is 12.5 Å². The number of H-pyrrole nitrogens is 1. The number of hydrogen-bond donors (Lipinski definition) is 2. The van der Waals surface area contributed by atoms with E-state index in [0.29, 0.717) is 0 Å². The number of aromatic amines is 1. The van der Waals surface area contributed by atoms with Crippen molar-refractivity contribution in [2.24, 2.45) is 0 Å². The molecule has 14 heavy (non-hydrogen) atoms. The molecule has 0 radical (unpaired) electrons. The van der Waals surface area contributed by atoms with Crippen molar-refractivity contribution in [2.75, 3.05) is 0 Å². The van der Waals surface area contributed by atoms with Crippen molar-refractivity contribution in [2.45, 2.75) is 36.8 Å². The Bertz CT molecular complexity index is 379. The lowest BCUT2D eigenvalue weighted by Crippen LogP contribution is -2.32. The molecule has 2 rings (SSSR count). The van der Waals surface area contributed by atoms with E-state index >= 15 is 0 Å². The van der Waals surface area contributed by atoms with Crippen LogP contribution in [0.5, 0.6) is 0 Å². The molecular weight excluding hydrogens is 202 g/mol. The third-order valence-corrected chi connectivity index (χ3v) is 3.89. The molecule has 1 aromatic heterocycles. The number of hydrogen-bond acceptors (Lipinski definition) is 3. The van der Waals surface area contributed by atoms with E-state index in [4.69, 9.17) is 0 Å². The topological polar surface area (TPSA) is 74.8 Å². The number of nitrogens with one attached hydrogen (secondary N) is 2. The molecule has 0 bridgehead atoms. The fourth-order valence-electron chi connectivity index (χ4n) is 1.72. The van der Waals surface area contributed by atoms with Gasteiger partial charge in [-0.15, -0.1) is 0 Å². The van der Waals surface area contributed by atoms with Crippen LogP contribution >= 0.6 is 0 Å². The molecule has 5 nitrogen and oxygen atoms in total. The van der Waals surface area contributed by atoms with E-state index in [1.807, 2.05) is 0 Å². The van der Waals surface area contributed by atoms with Gasteiger partial charge in [0.25, 0.3) is 10.0 Å². The predicted molar refractivity (Wildman–Crippen MR) is 51.2 cm³/mol. The van der Waals surface area contributed by atoms with Crippen LogP contribution in [0.1, 0.15) is 25.7 Å². The second kappa shape index (κ2) is 3.70. The molecule has 6 heteroatoms. The van der Waals surface area contributed by atoms with E-state index in [1.54, 1.807) is 0 Å². The highest BCUT2D eigenvalue weighted by molar-refractivity contribution is 7.89. The zero-order chi connectivity index (χ0) is 10.0. The van der Waals surface area contributed by atoms with Crippen LogP contribution in [-0.2, 0) is 10.0 Å². The standard InChI is InChI=1S/C8H13N3O2S/c12-14(13,8-5-9-6-10-8)11-7-3-1-2-4-7/h5-7,11H,1-4H2,(H,9,10). The van der Waals surface area contributed by atoms with Gasteiger partial charge in [-0.25, -0.2) is 18.1 Å². The van der Waals surface area contributed by atoms with Gasteiger partial charge in [0.15, 0.2) is 5.03 Å². The number of sulfonamides is 1. The molecule has 1 aromatic rings. The van der Waals surface area contributed by atoms with E-state index in [1.165, 1.54) is 12.5 Å². The van der Waals surface area contributed by atoms with Crippen LogP contribution in [0, 0.1) is 0 Å². The fourth-order valence-corrected chi connectivity index (χ4v) is 2.93. The SMILES string of the molecule is O=S(=O)(NC1CCCC1)c1cnc[nH]1. The Morgan fingerprint density at radius 3 is 2.71 bits per heavy atom. The minimum atomic E-state index is -3.37. The van der Waals surface area contributed by atoms with Crippen molar-refractivity contribution in [1.29, 1.82) is 0 Å². The molecule has 0 saturated heterocycles. The van der Waals surface area contributed by atoms with Gasteiger partial charge in [-0.2, -0.15) is 0 Å². The maximum absolute atomic E-state index is 11.7. The average Bonchev–Trinajstić information content (AvgIpc) is 2.71. The largest absolute Gasteiger partial charge is 0.335 e. The van der Waals surface area contributed by atoms with E-state index in [0.717, 1.165) is 25.7 Å². The first-order valence-corrected chi connectivity index (χ1v) is 6.17. The van der Waals surface area contributed by atoms with Crippen molar-refractivity contribution in [1.82, 2.24) is 14.7 Å². The first-order valence-electron chi connectivity index (χ1n) is 4.69. The van der Waals surface area contributed by atoms with E-state index in [-0.39, 0.29) is 11.1 Å². The second-order valence-electron chi connectivity index (χ2n) is 3.52. The molecule has 1 aliphatic rings. The summed E-state index contributed by atoms with van der Waals surface area (Å²) in [5, 5.41) is 0.143. The average molecular weight is 215 g/mol. The maximum atomic E-state index is 11.7. The Morgan fingerprint density at radius 2 is 2.14 bits per heavy atom. The van der Waals surface area contributed by atoms with Gasteiger partial charge in [-0.1, -0.05) is 12.8 Å². The predicted octanol–water partition coefficient (Wildman–Crippen LogP) is 0.631. The zero-order valence-electron chi connectivity index (χ0n) is 7.73. The first-order chi connectivity index (χ1) is 6.68. The summed E-state index contributed by atoms with van der Waals surface area (Å²) >= 11 is 0. The van der Waals surface area contributed by atoms with Crippen LogP contribution in [0.4, 0.5) is 0 Å². The van der Waals surface area contributed by atoms with Gasteiger partial charge in [-0.05, 0) is 12.8 Å². The monoisotopic (exact) mass is 215 g/mol. The normalized spacial score (nSPS) is 18.9. The number of imidazole rings is 1. The Kier molecular flexibility index (Phi) is 2.56. The van der Waals surface area contributed by atoms with E-state index in [2.05, 4.69) is 14.7 Å². The molecule has 1 heterocycles. The van der Waals surface area contributed by atoms with Gasteiger partial charge < -0.3 is 4.98 Å². The molecular formula is C8H13N3O2S. The highest BCUT2D eigenvalue weighted by Crippen LogP contribution is 2.19. The smallest absolute Gasteiger partial charge is 0.257 e. The Hall–Kier alpha value is -0.880. The van der Waals surface area contributed by atoms with Gasteiger partial charge in [-0.3, -0.25) is 0 Å². The minimum absolute atomic E-state index is 0.100. The van der Waals surface area contributed by atoms with E-state index < -0.39 is 10.0 Å². The lowest BCUT2D eigenvalue weighted by Gasteiger charge is -2.10. The first kappa shape index (κ1) is 9.67. The molecule has 1 fully saturated rings. The summed E-state index contributed by atoms with van der Waals surface area (Å²) in [7, 11) is -3.37. The molecule has 0 atom stereocenters. The molecule has 0 aliphatic heterocycles. The van der Waals surface area contributed by atoms with Crippen LogP contribution in [0.25, 0.3) is 0 Å². The summed E-state index contributed by atoms with van der Waals surface area (Å²) in [6, 6.07) is 0.100. The Morgan fingerprint density at radius 1 is 1.43 bits per heavy atom. The summed E-state index contributed by atoms with van der Waals surface area (Å²) in [5.41, 5.74) is 0. The van der Waals surface area contributed by atoms with Gasteiger partial charge >= 0.3 is 0 Å². The number of nitrogens with zero attached hydrogens (tertiary/aromatic N) is 1. The van der Waals surface area contributed by atoms with Crippen molar-refractivity contribution in [3.8, 4) is 0 Å². The van der Waals surface area contributed by atoms with Crippen molar-refractivity contribution in [3.63, 3.8) is 0 Å².